The number of aliphatic imine (C=N–C) groups is 1. The summed E-state index contributed by atoms with van der Waals surface area (Å²) in [6.45, 7) is -0.370. The van der Waals surface area contributed by atoms with E-state index in [9.17, 15) is 31.1 Å². The van der Waals surface area contributed by atoms with E-state index in [-0.39, 0.29) is 24.1 Å². The summed E-state index contributed by atoms with van der Waals surface area (Å²) >= 11 is 1.22. The number of hydrogen-bond acceptors (Lipinski definition) is 4. The van der Waals surface area contributed by atoms with E-state index in [0.29, 0.717) is 32.6 Å². The highest BCUT2D eigenvalue weighted by Gasteiger charge is 2.38. The Bertz CT molecular complexity index is 1340. The molecule has 0 aliphatic carbocycles. The zero-order chi connectivity index (χ0) is 24.8. The maximum atomic E-state index is 13.5. The number of carbonyl (C=O) groups excluding carboxylic acids is 1. The second-order valence-electron chi connectivity index (χ2n) is 7.69. The summed E-state index contributed by atoms with van der Waals surface area (Å²) in [7, 11) is 3.53. The van der Waals surface area contributed by atoms with Crippen LogP contribution < -0.4 is 0 Å². The molecule has 1 amide bonds. The van der Waals surface area contributed by atoms with Crippen molar-refractivity contribution in [2.45, 2.75) is 18.9 Å². The first-order chi connectivity index (χ1) is 15.8. The number of rotatable bonds is 3. The molecule has 0 bridgehead atoms. The summed E-state index contributed by atoms with van der Waals surface area (Å²) in [5.74, 6) is -0.369. The van der Waals surface area contributed by atoms with Gasteiger partial charge in [0.1, 0.15) is 0 Å². The number of carbonyl (C=O) groups is 1. The van der Waals surface area contributed by atoms with Gasteiger partial charge < -0.3 is 4.90 Å². The number of amides is 1. The minimum Gasteiger partial charge on any atom is -0.357 e. The first kappa shape index (κ1) is 23.9. The van der Waals surface area contributed by atoms with E-state index < -0.39 is 23.5 Å². The van der Waals surface area contributed by atoms with Crippen LogP contribution in [0.5, 0.6) is 0 Å². The Labute approximate surface area is 193 Å². The third-order valence-corrected chi connectivity index (χ3v) is 6.17. The van der Waals surface area contributed by atoms with Gasteiger partial charge in [-0.05, 0) is 53.2 Å². The third kappa shape index (κ3) is 4.81. The lowest BCUT2D eigenvalue weighted by molar-refractivity contribution is -0.143. The second kappa shape index (κ2) is 8.49. The first-order valence-corrected chi connectivity index (χ1v) is 10.6. The zero-order valence-corrected chi connectivity index (χ0v) is 18.5. The Balaban J connectivity index is 1.64. The van der Waals surface area contributed by atoms with Crippen LogP contribution in [0.3, 0.4) is 0 Å². The van der Waals surface area contributed by atoms with Crippen molar-refractivity contribution in [3.05, 3.63) is 69.8 Å². The fraction of sp³-hybridized carbons (Fsp3) is 0.227. The Kier molecular flexibility index (Phi) is 5.96. The van der Waals surface area contributed by atoms with E-state index in [0.717, 1.165) is 6.07 Å². The van der Waals surface area contributed by atoms with Crippen molar-refractivity contribution < 1.29 is 31.1 Å². The number of benzene rings is 2. The minimum atomic E-state index is -4.96. The molecule has 2 heterocycles. The number of amidine groups is 1. The molecule has 5 nitrogen and oxygen atoms in total. The number of nitrogens with zero attached hydrogens (tertiary/aromatic N) is 4. The molecule has 0 saturated carbocycles. The van der Waals surface area contributed by atoms with Gasteiger partial charge >= 0.3 is 12.4 Å². The minimum absolute atomic E-state index is 0.117. The van der Waals surface area contributed by atoms with E-state index in [2.05, 4.69) is 10.1 Å². The van der Waals surface area contributed by atoms with Gasteiger partial charge in [-0.2, -0.15) is 36.4 Å². The summed E-state index contributed by atoms with van der Waals surface area (Å²) in [5.41, 5.74) is -1.90. The number of halogens is 6. The normalized spacial score (nSPS) is 15.9. The lowest BCUT2D eigenvalue weighted by atomic mass is 10.0. The molecule has 0 atom stereocenters. The van der Waals surface area contributed by atoms with Crippen LogP contribution in [0.4, 0.5) is 26.3 Å². The molecular weight excluding hydrogens is 482 g/mol. The van der Waals surface area contributed by atoms with Gasteiger partial charge in [-0.1, -0.05) is 12.1 Å². The molecule has 34 heavy (non-hydrogen) atoms. The van der Waals surface area contributed by atoms with Gasteiger partial charge in [0, 0.05) is 19.5 Å². The predicted molar refractivity (Wildman–Crippen MR) is 117 cm³/mol. The zero-order valence-electron chi connectivity index (χ0n) is 17.7. The molecule has 178 valence electrons. The maximum absolute atomic E-state index is 13.5. The summed E-state index contributed by atoms with van der Waals surface area (Å²) < 4.78 is 80.5. The highest BCUT2D eigenvalue weighted by atomic mass is 32.2. The molecule has 2 aromatic carbocycles. The van der Waals surface area contributed by atoms with Crippen LogP contribution in [0.15, 0.2) is 52.5 Å². The molecule has 0 spiro atoms. The summed E-state index contributed by atoms with van der Waals surface area (Å²) in [5, 5.41) is 5.27. The van der Waals surface area contributed by atoms with E-state index >= 15 is 0 Å². The monoisotopic (exact) mass is 498 g/mol. The van der Waals surface area contributed by atoms with Gasteiger partial charge in [-0.15, -0.1) is 0 Å². The van der Waals surface area contributed by atoms with Crippen molar-refractivity contribution in [3.63, 3.8) is 0 Å². The summed E-state index contributed by atoms with van der Waals surface area (Å²) in [6, 6.07) is 6.58. The largest absolute Gasteiger partial charge is 0.416 e. The van der Waals surface area contributed by atoms with Crippen molar-refractivity contribution in [1.29, 1.82) is 0 Å². The van der Waals surface area contributed by atoms with Gasteiger partial charge in [0.15, 0.2) is 5.17 Å². The van der Waals surface area contributed by atoms with Crippen LogP contribution in [0.25, 0.3) is 17.0 Å². The lowest BCUT2D eigenvalue weighted by Crippen LogP contribution is -2.16. The molecule has 4 rings (SSSR count). The van der Waals surface area contributed by atoms with Crippen LogP contribution in [0.2, 0.25) is 0 Å². The molecular formula is C22H16F6N4OS. The number of alkyl halides is 6. The van der Waals surface area contributed by atoms with Crippen LogP contribution in [-0.2, 0) is 23.7 Å². The van der Waals surface area contributed by atoms with Crippen molar-refractivity contribution in [2.75, 3.05) is 14.1 Å². The first-order valence-electron chi connectivity index (χ1n) is 9.76. The van der Waals surface area contributed by atoms with Crippen LogP contribution >= 0.6 is 11.8 Å². The topological polar surface area (TPSA) is 50.5 Å². The van der Waals surface area contributed by atoms with Crippen LogP contribution in [0, 0.1) is 0 Å². The third-order valence-electron chi connectivity index (χ3n) is 5.02. The molecule has 0 fully saturated rings. The van der Waals surface area contributed by atoms with Gasteiger partial charge in [-0.25, -0.2) is 0 Å². The SMILES string of the molecule is CN(C)C1=NC(=O)/C(=C/c2ccc3c(cnn3Cc3ccc(C(F)(F)F)cc3C(F)(F)F)c2)S1. The maximum Gasteiger partial charge on any atom is 0.416 e. The average Bonchev–Trinajstić information content (AvgIpc) is 3.30. The Morgan fingerprint density at radius 3 is 2.38 bits per heavy atom. The van der Waals surface area contributed by atoms with Crippen LogP contribution in [0.1, 0.15) is 22.3 Å². The summed E-state index contributed by atoms with van der Waals surface area (Å²) in [4.78, 5) is 18.2. The number of hydrogen-bond donors (Lipinski definition) is 0. The smallest absolute Gasteiger partial charge is 0.357 e. The molecule has 3 aromatic rings. The fourth-order valence-corrected chi connectivity index (χ4v) is 4.21. The quantitative estimate of drug-likeness (QED) is 0.346. The van der Waals surface area contributed by atoms with Crippen molar-refractivity contribution in [1.82, 2.24) is 14.7 Å². The Hall–Kier alpha value is -3.28. The highest BCUT2D eigenvalue weighted by Crippen LogP contribution is 2.38. The fourth-order valence-electron chi connectivity index (χ4n) is 3.38. The molecule has 1 aliphatic heterocycles. The van der Waals surface area contributed by atoms with Crippen molar-refractivity contribution in [3.8, 4) is 0 Å². The average molecular weight is 498 g/mol. The van der Waals surface area contributed by atoms with E-state index in [1.807, 2.05) is 0 Å². The Morgan fingerprint density at radius 1 is 1.03 bits per heavy atom. The van der Waals surface area contributed by atoms with Crippen molar-refractivity contribution >= 4 is 39.8 Å². The second-order valence-corrected chi connectivity index (χ2v) is 8.70. The number of fused-ring (bicyclic) bond motifs is 1. The predicted octanol–water partition coefficient (Wildman–Crippen LogP) is 5.65. The molecule has 1 aromatic heterocycles. The van der Waals surface area contributed by atoms with E-state index in [1.165, 1.54) is 22.6 Å². The van der Waals surface area contributed by atoms with Gasteiger partial charge in [0.25, 0.3) is 5.91 Å². The molecule has 0 radical (unpaired) electrons. The summed E-state index contributed by atoms with van der Waals surface area (Å²) in [6.07, 6.45) is -6.75. The molecule has 0 N–H and O–H groups in total. The van der Waals surface area contributed by atoms with E-state index in [1.54, 1.807) is 43.3 Å². The van der Waals surface area contributed by atoms with Gasteiger partial charge in [0.2, 0.25) is 0 Å². The van der Waals surface area contributed by atoms with Gasteiger partial charge in [0.05, 0.1) is 34.3 Å². The lowest BCUT2D eigenvalue weighted by Gasteiger charge is -2.16. The number of aromatic nitrogens is 2. The Morgan fingerprint density at radius 2 is 1.76 bits per heavy atom. The molecule has 0 saturated heterocycles. The highest BCUT2D eigenvalue weighted by molar-refractivity contribution is 8.18. The molecule has 0 unspecified atom stereocenters. The van der Waals surface area contributed by atoms with Crippen molar-refractivity contribution in [2.24, 2.45) is 4.99 Å². The van der Waals surface area contributed by atoms with Crippen LogP contribution in [-0.4, -0.2) is 39.9 Å². The molecule has 12 heteroatoms. The number of thioether (sulfide) groups is 1. The van der Waals surface area contributed by atoms with E-state index in [4.69, 9.17) is 0 Å². The standard InChI is InChI=1S/C22H16F6N4OS/c1-31(2)20-30-19(33)18(34-20)8-12-3-6-17-14(7-12)10-29-32(17)11-13-4-5-15(21(23,24)25)9-16(13)22(26,27)28/h3-10H,11H2,1-2H3/b18-8-. The molecule has 1 aliphatic rings. The van der Waals surface area contributed by atoms with Gasteiger partial charge in [-0.3, -0.25) is 9.48 Å².